The molecular weight excluding hydrogens is 316 g/mol. The number of hydrogen-bond donors (Lipinski definition) is 3. The Balaban J connectivity index is 2.02. The Morgan fingerprint density at radius 1 is 1.08 bits per heavy atom. The fraction of sp³-hybridized carbons (Fsp3) is 0.176. The molecule has 24 heavy (non-hydrogen) atoms. The van der Waals surface area contributed by atoms with Crippen LogP contribution >= 0.6 is 0 Å². The van der Waals surface area contributed by atoms with E-state index in [-0.39, 0.29) is 22.8 Å². The van der Waals surface area contributed by atoms with Crippen LogP contribution in [0.1, 0.15) is 15.9 Å². The molecule has 3 N–H and O–H groups in total. The minimum Gasteiger partial charge on any atom is -0.507 e. The van der Waals surface area contributed by atoms with Crippen molar-refractivity contribution in [2.75, 3.05) is 13.2 Å². The van der Waals surface area contributed by atoms with Crippen molar-refractivity contribution in [2.45, 2.75) is 6.29 Å². The van der Waals surface area contributed by atoms with Gasteiger partial charge in [-0.2, -0.15) is 0 Å². The third-order valence-corrected chi connectivity index (χ3v) is 3.03. The van der Waals surface area contributed by atoms with Crippen LogP contribution in [0.25, 0.3) is 0 Å². The zero-order chi connectivity index (χ0) is 17.5. The highest BCUT2D eigenvalue weighted by atomic mass is 16.7. The molecule has 0 saturated carbocycles. The van der Waals surface area contributed by atoms with Crippen molar-refractivity contribution < 1.29 is 34.4 Å². The largest absolute Gasteiger partial charge is 0.507 e. The Morgan fingerprint density at radius 3 is 2.42 bits per heavy atom. The lowest BCUT2D eigenvalue weighted by atomic mass is 10.0. The summed E-state index contributed by atoms with van der Waals surface area (Å²) in [5.74, 6) is -1.37. The number of aliphatic hydroxyl groups is 2. The predicted molar refractivity (Wildman–Crippen MR) is 82.7 cm³/mol. The molecule has 7 nitrogen and oxygen atoms in total. The van der Waals surface area contributed by atoms with Crippen LogP contribution in [0.5, 0.6) is 11.5 Å². The van der Waals surface area contributed by atoms with Gasteiger partial charge in [0.2, 0.25) is 6.29 Å². The van der Waals surface area contributed by atoms with Crippen LogP contribution in [0.3, 0.4) is 0 Å². The first-order chi connectivity index (χ1) is 11.5. The molecule has 2 aromatic rings. The van der Waals surface area contributed by atoms with E-state index in [1.807, 2.05) is 0 Å². The fourth-order valence-electron chi connectivity index (χ4n) is 1.90. The quantitative estimate of drug-likeness (QED) is 0.391. The van der Waals surface area contributed by atoms with Gasteiger partial charge in [-0.3, -0.25) is 4.79 Å². The maximum Gasteiger partial charge on any atom is 0.346 e. The van der Waals surface area contributed by atoms with E-state index < -0.39 is 25.5 Å². The molecule has 0 saturated heterocycles. The summed E-state index contributed by atoms with van der Waals surface area (Å²) in [6.07, 6.45) is -1.61. The first-order valence-corrected chi connectivity index (χ1v) is 7.05. The maximum absolute atomic E-state index is 12.3. The SMILES string of the molecule is O=C(COc1ccc(C(=O)c2ccccc2)c(O)c1)OC(O)CO. The molecule has 0 heterocycles. The van der Waals surface area contributed by atoms with Gasteiger partial charge >= 0.3 is 5.97 Å². The Labute approximate surface area is 137 Å². The summed E-state index contributed by atoms with van der Waals surface area (Å²) in [4.78, 5) is 23.6. The topological polar surface area (TPSA) is 113 Å². The third kappa shape index (κ3) is 4.55. The summed E-state index contributed by atoms with van der Waals surface area (Å²) < 4.78 is 9.49. The fourth-order valence-corrected chi connectivity index (χ4v) is 1.90. The molecule has 0 aliphatic rings. The van der Waals surface area contributed by atoms with Crippen LogP contribution in [0.4, 0.5) is 0 Å². The Morgan fingerprint density at radius 2 is 1.79 bits per heavy atom. The van der Waals surface area contributed by atoms with Gasteiger partial charge in [0.1, 0.15) is 18.1 Å². The van der Waals surface area contributed by atoms with Crippen molar-refractivity contribution in [3.8, 4) is 11.5 Å². The van der Waals surface area contributed by atoms with E-state index in [4.69, 9.17) is 14.9 Å². The number of aliphatic hydroxyl groups excluding tert-OH is 2. The second kappa shape index (κ2) is 8.09. The van der Waals surface area contributed by atoms with Gasteiger partial charge in [-0.05, 0) is 12.1 Å². The third-order valence-electron chi connectivity index (χ3n) is 3.03. The number of ether oxygens (including phenoxy) is 2. The van der Waals surface area contributed by atoms with Crippen molar-refractivity contribution in [2.24, 2.45) is 0 Å². The highest BCUT2D eigenvalue weighted by Gasteiger charge is 2.15. The smallest absolute Gasteiger partial charge is 0.346 e. The van der Waals surface area contributed by atoms with Gasteiger partial charge in [-0.15, -0.1) is 0 Å². The van der Waals surface area contributed by atoms with E-state index in [0.29, 0.717) is 5.56 Å². The molecule has 2 aromatic carbocycles. The first-order valence-electron chi connectivity index (χ1n) is 7.05. The lowest BCUT2D eigenvalue weighted by molar-refractivity contribution is -0.175. The zero-order valence-corrected chi connectivity index (χ0v) is 12.6. The van der Waals surface area contributed by atoms with E-state index >= 15 is 0 Å². The summed E-state index contributed by atoms with van der Waals surface area (Å²) >= 11 is 0. The van der Waals surface area contributed by atoms with Crippen LogP contribution < -0.4 is 4.74 Å². The lowest BCUT2D eigenvalue weighted by Crippen LogP contribution is -2.25. The number of hydrogen-bond acceptors (Lipinski definition) is 7. The van der Waals surface area contributed by atoms with Crippen molar-refractivity contribution in [1.82, 2.24) is 0 Å². The van der Waals surface area contributed by atoms with E-state index in [2.05, 4.69) is 4.74 Å². The lowest BCUT2D eigenvalue weighted by Gasteiger charge is -2.11. The molecule has 0 radical (unpaired) electrons. The zero-order valence-electron chi connectivity index (χ0n) is 12.6. The molecule has 0 amide bonds. The van der Waals surface area contributed by atoms with Gasteiger partial charge < -0.3 is 24.8 Å². The second-order valence-corrected chi connectivity index (χ2v) is 4.79. The predicted octanol–water partition coefficient (Wildman–Crippen LogP) is 0.856. The van der Waals surface area contributed by atoms with Gasteiger partial charge in [0.25, 0.3) is 0 Å². The number of carbonyl (C=O) groups excluding carboxylic acids is 2. The molecule has 0 fully saturated rings. The first kappa shape index (κ1) is 17.5. The van der Waals surface area contributed by atoms with Crippen LogP contribution in [-0.4, -0.2) is 46.6 Å². The van der Waals surface area contributed by atoms with E-state index in [1.165, 1.54) is 18.2 Å². The van der Waals surface area contributed by atoms with Crippen LogP contribution in [0, 0.1) is 0 Å². The minimum atomic E-state index is -1.61. The van der Waals surface area contributed by atoms with Crippen molar-refractivity contribution in [3.63, 3.8) is 0 Å². The van der Waals surface area contributed by atoms with E-state index in [9.17, 15) is 14.7 Å². The summed E-state index contributed by atoms with van der Waals surface area (Å²) in [6, 6.07) is 12.5. The Bertz CT molecular complexity index is 712. The molecule has 1 unspecified atom stereocenters. The monoisotopic (exact) mass is 332 g/mol. The van der Waals surface area contributed by atoms with Gasteiger partial charge in [-0.1, -0.05) is 30.3 Å². The Hall–Kier alpha value is -2.90. The van der Waals surface area contributed by atoms with Crippen LogP contribution in [0.2, 0.25) is 0 Å². The highest BCUT2D eigenvalue weighted by Crippen LogP contribution is 2.25. The molecular formula is C17H16O7. The Kier molecular flexibility index (Phi) is 5.89. The van der Waals surface area contributed by atoms with Crippen LogP contribution in [-0.2, 0) is 9.53 Å². The standard InChI is InChI=1S/C17H16O7/c18-9-15(20)24-16(21)10-23-12-6-7-13(14(19)8-12)17(22)11-4-2-1-3-5-11/h1-8,15,18-20H,9-10H2. The average Bonchev–Trinajstić information content (AvgIpc) is 2.60. The number of esters is 1. The number of aromatic hydroxyl groups is 1. The number of phenolic OH excluding ortho intramolecular Hbond substituents is 1. The molecule has 2 rings (SSSR count). The number of ketones is 1. The van der Waals surface area contributed by atoms with Gasteiger partial charge in [0.15, 0.2) is 12.4 Å². The van der Waals surface area contributed by atoms with Crippen molar-refractivity contribution >= 4 is 11.8 Å². The molecule has 1 atom stereocenters. The highest BCUT2D eigenvalue weighted by molar-refractivity contribution is 6.10. The summed E-state index contributed by atoms with van der Waals surface area (Å²) in [5, 5.41) is 27.5. The van der Waals surface area contributed by atoms with Gasteiger partial charge in [0.05, 0.1) is 5.56 Å². The molecule has 0 bridgehead atoms. The maximum atomic E-state index is 12.3. The van der Waals surface area contributed by atoms with Gasteiger partial charge in [0, 0.05) is 11.6 Å². The molecule has 0 spiro atoms. The molecule has 7 heteroatoms. The number of benzene rings is 2. The average molecular weight is 332 g/mol. The molecule has 0 aromatic heterocycles. The molecule has 126 valence electrons. The van der Waals surface area contributed by atoms with Crippen molar-refractivity contribution in [1.29, 1.82) is 0 Å². The second-order valence-electron chi connectivity index (χ2n) is 4.79. The molecule has 0 aliphatic heterocycles. The van der Waals surface area contributed by atoms with Crippen LogP contribution in [0.15, 0.2) is 48.5 Å². The normalized spacial score (nSPS) is 11.6. The van der Waals surface area contributed by atoms with Crippen molar-refractivity contribution in [3.05, 3.63) is 59.7 Å². The summed E-state index contributed by atoms with van der Waals surface area (Å²) in [7, 11) is 0. The van der Waals surface area contributed by atoms with E-state index in [1.54, 1.807) is 30.3 Å². The summed E-state index contributed by atoms with van der Waals surface area (Å²) in [6.45, 7) is -1.24. The molecule has 0 aliphatic carbocycles. The van der Waals surface area contributed by atoms with Gasteiger partial charge in [-0.25, -0.2) is 4.79 Å². The minimum absolute atomic E-state index is 0.104. The number of carbonyl (C=O) groups is 2. The number of phenols is 1. The van der Waals surface area contributed by atoms with E-state index in [0.717, 1.165) is 0 Å². The number of rotatable bonds is 7. The summed E-state index contributed by atoms with van der Waals surface area (Å²) in [5.41, 5.74) is 0.537.